The van der Waals surface area contributed by atoms with Crippen LogP contribution in [-0.4, -0.2) is 12.6 Å². The highest BCUT2D eigenvalue weighted by Gasteiger charge is 2.30. The van der Waals surface area contributed by atoms with Crippen LogP contribution in [0.3, 0.4) is 0 Å². The van der Waals surface area contributed by atoms with E-state index >= 15 is 0 Å². The summed E-state index contributed by atoms with van der Waals surface area (Å²) in [5, 5.41) is 0. The summed E-state index contributed by atoms with van der Waals surface area (Å²) in [5.41, 5.74) is 3.79. The maximum absolute atomic E-state index is 11.4. The lowest BCUT2D eigenvalue weighted by molar-refractivity contribution is -0.109. The van der Waals surface area contributed by atoms with E-state index in [-0.39, 0.29) is 11.8 Å². The standard InChI is InChI=1S/C16H12O2/c17-9-15-11-5-1-2-6-12(11)16(10-18)14-8-4-3-7-13(14)15/h1-10,15-16H. The number of fused-ring (bicyclic) bond motifs is 2. The minimum Gasteiger partial charge on any atom is -0.302 e. The molecule has 0 saturated heterocycles. The molecule has 0 radical (unpaired) electrons. The molecule has 2 aromatic rings. The molecule has 2 aromatic carbocycles. The van der Waals surface area contributed by atoms with Gasteiger partial charge in [0.1, 0.15) is 12.6 Å². The van der Waals surface area contributed by atoms with Crippen molar-refractivity contribution in [1.82, 2.24) is 0 Å². The van der Waals surface area contributed by atoms with Crippen LogP contribution in [0, 0.1) is 0 Å². The van der Waals surface area contributed by atoms with E-state index in [4.69, 9.17) is 0 Å². The highest BCUT2D eigenvalue weighted by atomic mass is 16.1. The summed E-state index contributed by atoms with van der Waals surface area (Å²) in [5.74, 6) is -0.512. The van der Waals surface area contributed by atoms with Crippen LogP contribution in [-0.2, 0) is 9.59 Å². The monoisotopic (exact) mass is 236 g/mol. The van der Waals surface area contributed by atoms with Gasteiger partial charge in [-0.05, 0) is 22.3 Å². The second kappa shape index (κ2) is 4.22. The molecule has 0 aromatic heterocycles. The average Bonchev–Trinajstić information content (AvgIpc) is 2.44. The number of hydrogen-bond acceptors (Lipinski definition) is 2. The predicted molar refractivity (Wildman–Crippen MR) is 68.7 cm³/mol. The summed E-state index contributed by atoms with van der Waals surface area (Å²) in [6.45, 7) is 0. The van der Waals surface area contributed by atoms with E-state index in [2.05, 4.69) is 0 Å². The minimum absolute atomic E-state index is 0.256. The second-order valence-corrected chi connectivity index (χ2v) is 4.49. The van der Waals surface area contributed by atoms with Gasteiger partial charge in [0, 0.05) is 0 Å². The van der Waals surface area contributed by atoms with Gasteiger partial charge in [0.05, 0.1) is 11.8 Å². The summed E-state index contributed by atoms with van der Waals surface area (Å²) in [6.07, 6.45) is 1.91. The van der Waals surface area contributed by atoms with Gasteiger partial charge in [-0.2, -0.15) is 0 Å². The number of carbonyl (C=O) groups excluding carboxylic acids is 2. The van der Waals surface area contributed by atoms with Crippen LogP contribution in [0.2, 0.25) is 0 Å². The van der Waals surface area contributed by atoms with Crippen LogP contribution in [0.5, 0.6) is 0 Å². The van der Waals surface area contributed by atoms with Crippen LogP contribution in [0.1, 0.15) is 34.1 Å². The van der Waals surface area contributed by atoms with E-state index in [0.717, 1.165) is 34.8 Å². The molecule has 1 aliphatic carbocycles. The van der Waals surface area contributed by atoms with E-state index in [9.17, 15) is 9.59 Å². The first-order chi connectivity index (χ1) is 8.86. The van der Waals surface area contributed by atoms with E-state index in [1.165, 1.54) is 0 Å². The van der Waals surface area contributed by atoms with Gasteiger partial charge in [-0.3, -0.25) is 0 Å². The summed E-state index contributed by atoms with van der Waals surface area (Å²) >= 11 is 0. The van der Waals surface area contributed by atoms with Gasteiger partial charge in [-0.1, -0.05) is 48.5 Å². The lowest BCUT2D eigenvalue weighted by atomic mass is 9.73. The molecule has 2 nitrogen and oxygen atoms in total. The molecular formula is C16H12O2. The molecule has 0 saturated carbocycles. The Morgan fingerprint density at radius 2 is 0.889 bits per heavy atom. The molecule has 18 heavy (non-hydrogen) atoms. The Kier molecular flexibility index (Phi) is 2.56. The summed E-state index contributed by atoms with van der Waals surface area (Å²) in [4.78, 5) is 22.8. The van der Waals surface area contributed by atoms with Crippen molar-refractivity contribution in [3.8, 4) is 0 Å². The van der Waals surface area contributed by atoms with Crippen molar-refractivity contribution >= 4 is 12.6 Å². The van der Waals surface area contributed by atoms with E-state index < -0.39 is 0 Å². The van der Waals surface area contributed by atoms with Gasteiger partial charge >= 0.3 is 0 Å². The van der Waals surface area contributed by atoms with Crippen molar-refractivity contribution in [3.05, 3.63) is 70.8 Å². The van der Waals surface area contributed by atoms with Gasteiger partial charge in [-0.25, -0.2) is 0 Å². The smallest absolute Gasteiger partial charge is 0.131 e. The SMILES string of the molecule is O=CC1c2ccccc2C(C=O)c2ccccc21. The molecule has 0 atom stereocenters. The molecule has 88 valence electrons. The largest absolute Gasteiger partial charge is 0.302 e. The lowest BCUT2D eigenvalue weighted by Gasteiger charge is -2.28. The van der Waals surface area contributed by atoms with Gasteiger partial charge in [0.15, 0.2) is 0 Å². The maximum Gasteiger partial charge on any atom is 0.131 e. The quantitative estimate of drug-likeness (QED) is 0.751. The molecular weight excluding hydrogens is 224 g/mol. The summed E-state index contributed by atoms with van der Waals surface area (Å²) < 4.78 is 0. The molecule has 0 unspecified atom stereocenters. The van der Waals surface area contributed by atoms with Gasteiger partial charge in [-0.15, -0.1) is 0 Å². The summed E-state index contributed by atoms with van der Waals surface area (Å²) in [6, 6.07) is 15.4. The normalized spacial score (nSPS) is 20.7. The molecule has 0 N–H and O–H groups in total. The first-order valence-electron chi connectivity index (χ1n) is 5.95. The molecule has 2 heteroatoms. The minimum atomic E-state index is -0.256. The van der Waals surface area contributed by atoms with Crippen molar-refractivity contribution in [1.29, 1.82) is 0 Å². The van der Waals surface area contributed by atoms with Crippen LogP contribution < -0.4 is 0 Å². The predicted octanol–water partition coefficient (Wildman–Crippen LogP) is 2.66. The number of hydrogen-bond donors (Lipinski definition) is 0. The van der Waals surface area contributed by atoms with Crippen LogP contribution >= 0.6 is 0 Å². The molecule has 0 heterocycles. The van der Waals surface area contributed by atoms with Crippen molar-refractivity contribution in [2.75, 3.05) is 0 Å². The fraction of sp³-hybridized carbons (Fsp3) is 0.125. The van der Waals surface area contributed by atoms with Crippen molar-refractivity contribution in [2.24, 2.45) is 0 Å². The lowest BCUT2D eigenvalue weighted by Crippen LogP contribution is -2.19. The Labute approximate surface area is 105 Å². The fourth-order valence-corrected chi connectivity index (χ4v) is 2.78. The highest BCUT2D eigenvalue weighted by Crippen LogP contribution is 2.41. The number of benzene rings is 2. The first kappa shape index (κ1) is 10.9. The van der Waals surface area contributed by atoms with Crippen LogP contribution in [0.4, 0.5) is 0 Å². The Morgan fingerprint density at radius 1 is 0.611 bits per heavy atom. The fourth-order valence-electron chi connectivity index (χ4n) is 2.78. The van der Waals surface area contributed by atoms with Crippen LogP contribution in [0.15, 0.2) is 48.5 Å². The molecule has 0 amide bonds. The molecule has 0 aliphatic heterocycles. The maximum atomic E-state index is 11.4. The van der Waals surface area contributed by atoms with Crippen molar-refractivity contribution < 1.29 is 9.59 Å². The molecule has 3 rings (SSSR count). The second-order valence-electron chi connectivity index (χ2n) is 4.49. The molecule has 0 bridgehead atoms. The third-order valence-electron chi connectivity index (χ3n) is 3.60. The van der Waals surface area contributed by atoms with Gasteiger partial charge in [0.2, 0.25) is 0 Å². The number of carbonyl (C=O) groups is 2. The number of aldehydes is 2. The molecule has 1 aliphatic rings. The average molecular weight is 236 g/mol. The Morgan fingerprint density at radius 3 is 1.11 bits per heavy atom. The Hall–Kier alpha value is -2.22. The van der Waals surface area contributed by atoms with E-state index in [1.54, 1.807) is 0 Å². The van der Waals surface area contributed by atoms with Crippen molar-refractivity contribution in [3.63, 3.8) is 0 Å². The zero-order valence-corrected chi connectivity index (χ0v) is 9.74. The zero-order valence-electron chi connectivity index (χ0n) is 9.74. The molecule has 0 fully saturated rings. The topological polar surface area (TPSA) is 34.1 Å². The summed E-state index contributed by atoms with van der Waals surface area (Å²) in [7, 11) is 0. The Bertz CT molecular complexity index is 514. The first-order valence-corrected chi connectivity index (χ1v) is 5.95. The van der Waals surface area contributed by atoms with Gasteiger partial charge in [0.25, 0.3) is 0 Å². The van der Waals surface area contributed by atoms with E-state index in [0.29, 0.717) is 0 Å². The third-order valence-corrected chi connectivity index (χ3v) is 3.60. The third kappa shape index (κ3) is 1.42. The van der Waals surface area contributed by atoms with Crippen molar-refractivity contribution in [2.45, 2.75) is 11.8 Å². The number of rotatable bonds is 2. The Balaban J connectivity index is 2.31. The zero-order chi connectivity index (χ0) is 12.5. The van der Waals surface area contributed by atoms with Crippen LogP contribution in [0.25, 0.3) is 0 Å². The van der Waals surface area contributed by atoms with Gasteiger partial charge < -0.3 is 9.59 Å². The van der Waals surface area contributed by atoms with E-state index in [1.807, 2.05) is 48.5 Å². The highest BCUT2D eigenvalue weighted by molar-refractivity contribution is 5.80. The molecule has 0 spiro atoms.